The molecule has 2 aromatic carbocycles. The van der Waals surface area contributed by atoms with Gasteiger partial charge in [-0.25, -0.2) is 0 Å². The zero-order valence-corrected chi connectivity index (χ0v) is 12.8. The Morgan fingerprint density at radius 2 is 2.19 bits per heavy atom. The Morgan fingerprint density at radius 3 is 3.05 bits per heavy atom. The maximum Gasteiger partial charge on any atom is 0.121 e. The fourth-order valence-electron chi connectivity index (χ4n) is 2.69. The van der Waals surface area contributed by atoms with Crippen LogP contribution in [0.25, 0.3) is 0 Å². The van der Waals surface area contributed by atoms with E-state index in [1.165, 1.54) is 23.2 Å². The van der Waals surface area contributed by atoms with Crippen molar-refractivity contribution in [3.8, 4) is 5.75 Å². The molecule has 0 saturated heterocycles. The van der Waals surface area contributed by atoms with Crippen LogP contribution in [0.5, 0.6) is 5.75 Å². The zero-order chi connectivity index (χ0) is 14.7. The third-order valence-corrected chi connectivity index (χ3v) is 4.13. The van der Waals surface area contributed by atoms with Crippen molar-refractivity contribution < 1.29 is 4.74 Å². The summed E-state index contributed by atoms with van der Waals surface area (Å²) in [4.78, 5) is 0. The summed E-state index contributed by atoms with van der Waals surface area (Å²) >= 11 is 6.23. The molecule has 1 aliphatic rings. The van der Waals surface area contributed by atoms with Crippen molar-refractivity contribution in [3.05, 3.63) is 52.5 Å². The second kappa shape index (κ2) is 6.27. The SMILES string of the molecule is COc1ccc(Cl)c(NCc2cccc3c2NCCC3)c1. The fraction of sp³-hybridized carbons (Fsp3) is 0.294. The van der Waals surface area contributed by atoms with Crippen LogP contribution in [0.15, 0.2) is 36.4 Å². The molecule has 1 heterocycles. The molecule has 2 aromatic rings. The highest BCUT2D eigenvalue weighted by molar-refractivity contribution is 6.33. The molecule has 21 heavy (non-hydrogen) atoms. The Labute approximate surface area is 130 Å². The van der Waals surface area contributed by atoms with Crippen LogP contribution in [0.3, 0.4) is 0 Å². The van der Waals surface area contributed by atoms with Gasteiger partial charge >= 0.3 is 0 Å². The first-order chi connectivity index (χ1) is 10.3. The van der Waals surface area contributed by atoms with E-state index < -0.39 is 0 Å². The van der Waals surface area contributed by atoms with Crippen molar-refractivity contribution in [2.75, 3.05) is 24.3 Å². The van der Waals surface area contributed by atoms with Crippen LogP contribution in [0.2, 0.25) is 5.02 Å². The predicted molar refractivity (Wildman–Crippen MR) is 88.6 cm³/mol. The molecule has 0 spiro atoms. The van der Waals surface area contributed by atoms with Gasteiger partial charge in [0, 0.05) is 24.8 Å². The number of methoxy groups -OCH3 is 1. The van der Waals surface area contributed by atoms with Gasteiger partial charge in [-0.1, -0.05) is 29.8 Å². The van der Waals surface area contributed by atoms with Crippen LogP contribution < -0.4 is 15.4 Å². The minimum Gasteiger partial charge on any atom is -0.497 e. The first-order valence-electron chi connectivity index (χ1n) is 7.20. The number of fused-ring (bicyclic) bond motifs is 1. The average molecular weight is 303 g/mol. The summed E-state index contributed by atoms with van der Waals surface area (Å²) in [6, 6.07) is 12.1. The summed E-state index contributed by atoms with van der Waals surface area (Å²) in [6.45, 7) is 1.78. The summed E-state index contributed by atoms with van der Waals surface area (Å²) in [5, 5.41) is 7.61. The van der Waals surface area contributed by atoms with Crippen LogP contribution in [0.1, 0.15) is 17.5 Å². The predicted octanol–water partition coefficient (Wildman–Crippen LogP) is 4.32. The topological polar surface area (TPSA) is 33.3 Å². The molecule has 4 heteroatoms. The lowest BCUT2D eigenvalue weighted by Crippen LogP contribution is -2.15. The van der Waals surface area contributed by atoms with Gasteiger partial charge in [0.25, 0.3) is 0 Å². The number of hydrogen-bond acceptors (Lipinski definition) is 3. The van der Waals surface area contributed by atoms with E-state index in [0.29, 0.717) is 5.02 Å². The number of aryl methyl sites for hydroxylation is 1. The monoisotopic (exact) mass is 302 g/mol. The zero-order valence-electron chi connectivity index (χ0n) is 12.1. The summed E-state index contributed by atoms with van der Waals surface area (Å²) in [5.74, 6) is 0.801. The lowest BCUT2D eigenvalue weighted by Gasteiger charge is -2.21. The molecule has 0 amide bonds. The van der Waals surface area contributed by atoms with Gasteiger partial charge in [0.15, 0.2) is 0 Å². The lowest BCUT2D eigenvalue weighted by molar-refractivity contribution is 0.415. The molecule has 0 unspecified atom stereocenters. The molecule has 0 aromatic heterocycles. The maximum absolute atomic E-state index is 6.23. The number of para-hydroxylation sites is 1. The highest BCUT2D eigenvalue weighted by Gasteiger charge is 2.12. The van der Waals surface area contributed by atoms with E-state index in [0.717, 1.165) is 30.9 Å². The van der Waals surface area contributed by atoms with E-state index in [-0.39, 0.29) is 0 Å². The van der Waals surface area contributed by atoms with E-state index in [1.54, 1.807) is 7.11 Å². The van der Waals surface area contributed by atoms with Gasteiger partial charge in [-0.05, 0) is 36.1 Å². The Balaban J connectivity index is 1.79. The molecular formula is C17H19ClN2O. The van der Waals surface area contributed by atoms with Gasteiger partial charge in [0.2, 0.25) is 0 Å². The second-order valence-electron chi connectivity index (χ2n) is 5.18. The van der Waals surface area contributed by atoms with Gasteiger partial charge in [-0.3, -0.25) is 0 Å². The van der Waals surface area contributed by atoms with Crippen molar-refractivity contribution in [2.24, 2.45) is 0 Å². The number of nitrogens with one attached hydrogen (secondary N) is 2. The molecule has 3 rings (SSSR count). The van der Waals surface area contributed by atoms with Gasteiger partial charge in [-0.15, -0.1) is 0 Å². The van der Waals surface area contributed by atoms with Crippen molar-refractivity contribution in [1.29, 1.82) is 0 Å². The second-order valence-corrected chi connectivity index (χ2v) is 5.59. The normalized spacial score (nSPS) is 13.2. The average Bonchev–Trinajstić information content (AvgIpc) is 2.54. The quantitative estimate of drug-likeness (QED) is 0.882. The number of halogens is 1. The van der Waals surface area contributed by atoms with Crippen LogP contribution in [-0.2, 0) is 13.0 Å². The third kappa shape index (κ3) is 3.08. The first kappa shape index (κ1) is 14.1. The van der Waals surface area contributed by atoms with Crippen molar-refractivity contribution in [1.82, 2.24) is 0 Å². The molecule has 3 nitrogen and oxygen atoms in total. The van der Waals surface area contributed by atoms with Crippen molar-refractivity contribution in [2.45, 2.75) is 19.4 Å². The molecule has 0 saturated carbocycles. The molecule has 0 atom stereocenters. The standard InChI is InChI=1S/C17H19ClN2O/c1-21-14-7-8-15(18)16(10-14)20-11-13-5-2-4-12-6-3-9-19-17(12)13/h2,4-5,7-8,10,19-20H,3,6,9,11H2,1H3. The molecule has 0 radical (unpaired) electrons. The molecule has 0 bridgehead atoms. The smallest absolute Gasteiger partial charge is 0.121 e. The van der Waals surface area contributed by atoms with E-state index in [2.05, 4.69) is 28.8 Å². The van der Waals surface area contributed by atoms with E-state index >= 15 is 0 Å². The Hall–Kier alpha value is -1.87. The number of ether oxygens (including phenoxy) is 1. The molecule has 110 valence electrons. The molecule has 0 aliphatic carbocycles. The van der Waals surface area contributed by atoms with E-state index in [4.69, 9.17) is 16.3 Å². The summed E-state index contributed by atoms with van der Waals surface area (Å²) in [5.41, 5.74) is 4.84. The fourth-order valence-corrected chi connectivity index (χ4v) is 2.87. The summed E-state index contributed by atoms with van der Waals surface area (Å²) in [6.07, 6.45) is 2.35. The first-order valence-corrected chi connectivity index (χ1v) is 7.58. The van der Waals surface area contributed by atoms with Gasteiger partial charge < -0.3 is 15.4 Å². The van der Waals surface area contributed by atoms with Crippen molar-refractivity contribution >= 4 is 23.0 Å². The van der Waals surface area contributed by atoms with Gasteiger partial charge in [0.1, 0.15) is 5.75 Å². The van der Waals surface area contributed by atoms with E-state index in [9.17, 15) is 0 Å². The van der Waals surface area contributed by atoms with Gasteiger partial charge in [0.05, 0.1) is 17.8 Å². The number of hydrogen-bond donors (Lipinski definition) is 2. The highest BCUT2D eigenvalue weighted by atomic mass is 35.5. The van der Waals surface area contributed by atoms with Crippen LogP contribution >= 0.6 is 11.6 Å². The lowest BCUT2D eigenvalue weighted by atomic mass is 9.99. The molecular weight excluding hydrogens is 284 g/mol. The van der Waals surface area contributed by atoms with Crippen molar-refractivity contribution in [3.63, 3.8) is 0 Å². The highest BCUT2D eigenvalue weighted by Crippen LogP contribution is 2.30. The molecule has 0 fully saturated rings. The van der Waals surface area contributed by atoms with Crippen LogP contribution in [0.4, 0.5) is 11.4 Å². The number of rotatable bonds is 4. The largest absolute Gasteiger partial charge is 0.497 e. The van der Waals surface area contributed by atoms with E-state index in [1.807, 2.05) is 18.2 Å². The number of benzene rings is 2. The Morgan fingerprint density at radius 1 is 1.29 bits per heavy atom. The summed E-state index contributed by atoms with van der Waals surface area (Å²) in [7, 11) is 1.66. The third-order valence-electron chi connectivity index (χ3n) is 3.80. The Bertz CT molecular complexity index is 643. The van der Waals surface area contributed by atoms with Gasteiger partial charge in [-0.2, -0.15) is 0 Å². The van der Waals surface area contributed by atoms with Crippen LogP contribution in [0, 0.1) is 0 Å². The maximum atomic E-state index is 6.23. The summed E-state index contributed by atoms with van der Waals surface area (Å²) < 4.78 is 5.24. The van der Waals surface area contributed by atoms with Crippen LogP contribution in [-0.4, -0.2) is 13.7 Å². The molecule has 1 aliphatic heterocycles. The number of anilines is 2. The molecule has 2 N–H and O–H groups in total. The Kier molecular flexibility index (Phi) is 4.20. The minimum absolute atomic E-state index is 0.702. The minimum atomic E-state index is 0.702.